The Labute approximate surface area is 163 Å². The molecule has 0 bridgehead atoms. The number of aromatic amines is 1. The van der Waals surface area contributed by atoms with Gasteiger partial charge < -0.3 is 4.74 Å². The SMILES string of the molecule is CCOC(=O)c1nnc2c3c(-c4cccnc4)c(C(C)=O)c(C)nc3[nH]n2c1=O. The Bertz CT molecular complexity index is 1340. The summed E-state index contributed by atoms with van der Waals surface area (Å²) in [5.74, 6) is -1.05. The average Bonchev–Trinajstić information content (AvgIpc) is 3.06. The van der Waals surface area contributed by atoms with Crippen LogP contribution in [0.1, 0.15) is 40.4 Å². The number of ether oxygens (including phenoxy) is 1. The largest absolute Gasteiger partial charge is 0.461 e. The molecule has 4 rings (SSSR count). The van der Waals surface area contributed by atoms with E-state index in [9.17, 15) is 14.4 Å². The fourth-order valence-electron chi connectivity index (χ4n) is 3.32. The fourth-order valence-corrected chi connectivity index (χ4v) is 3.32. The second-order valence-corrected chi connectivity index (χ2v) is 6.31. The van der Waals surface area contributed by atoms with E-state index in [1.807, 2.05) is 0 Å². The van der Waals surface area contributed by atoms with Gasteiger partial charge >= 0.3 is 11.5 Å². The lowest BCUT2D eigenvalue weighted by Crippen LogP contribution is -2.26. The third-order valence-corrected chi connectivity index (χ3v) is 4.45. The molecule has 10 heteroatoms. The van der Waals surface area contributed by atoms with E-state index in [4.69, 9.17) is 4.74 Å². The standard InChI is InChI=1S/C19H16N6O4/c1-4-29-19(28)15-18(27)25-17(23-22-15)14-13(11-6-5-7-20-8-11)12(10(3)26)9(2)21-16(14)24-25/h5-8H,4H2,1-3H3,(H,21,24). The van der Waals surface area contributed by atoms with E-state index in [0.717, 1.165) is 4.52 Å². The Morgan fingerprint density at radius 3 is 2.72 bits per heavy atom. The molecule has 0 amide bonds. The first-order valence-electron chi connectivity index (χ1n) is 8.84. The molecule has 0 aromatic carbocycles. The highest BCUT2D eigenvalue weighted by atomic mass is 16.5. The number of ketones is 1. The molecule has 0 radical (unpaired) electrons. The van der Waals surface area contributed by atoms with Crippen molar-refractivity contribution in [3.05, 3.63) is 51.8 Å². The summed E-state index contributed by atoms with van der Waals surface area (Å²) < 4.78 is 5.94. The number of nitrogens with one attached hydrogen (secondary N) is 1. The molecule has 0 saturated heterocycles. The van der Waals surface area contributed by atoms with Crippen LogP contribution >= 0.6 is 0 Å². The molecule has 0 aliphatic rings. The molecule has 4 aromatic heterocycles. The van der Waals surface area contributed by atoms with Crippen LogP contribution in [0, 0.1) is 6.92 Å². The summed E-state index contributed by atoms with van der Waals surface area (Å²) in [5.41, 5.74) is 1.42. The van der Waals surface area contributed by atoms with Gasteiger partial charge in [0.15, 0.2) is 17.1 Å². The zero-order valence-corrected chi connectivity index (χ0v) is 15.9. The summed E-state index contributed by atoms with van der Waals surface area (Å²) in [6.07, 6.45) is 3.23. The lowest BCUT2D eigenvalue weighted by Gasteiger charge is -2.11. The molecule has 0 saturated carbocycles. The molecule has 0 aliphatic heterocycles. The third-order valence-electron chi connectivity index (χ3n) is 4.45. The van der Waals surface area contributed by atoms with E-state index in [0.29, 0.717) is 33.4 Å². The Hall–Kier alpha value is -3.95. The molecule has 0 spiro atoms. The highest BCUT2D eigenvalue weighted by Crippen LogP contribution is 2.34. The molecule has 146 valence electrons. The van der Waals surface area contributed by atoms with Gasteiger partial charge in [-0.2, -0.15) is 4.52 Å². The van der Waals surface area contributed by atoms with Gasteiger partial charge in [-0.3, -0.25) is 19.7 Å². The summed E-state index contributed by atoms with van der Waals surface area (Å²) in [7, 11) is 0. The molecule has 0 unspecified atom stereocenters. The van der Waals surface area contributed by atoms with Crippen LogP contribution < -0.4 is 5.56 Å². The molecule has 4 heterocycles. The normalized spacial score (nSPS) is 11.1. The molecule has 4 aromatic rings. The number of Topliss-reactive ketones (excluding diaryl/α,β-unsaturated/α-hetero) is 1. The van der Waals surface area contributed by atoms with Crippen LogP contribution in [-0.2, 0) is 4.74 Å². The van der Waals surface area contributed by atoms with Gasteiger partial charge in [-0.05, 0) is 26.8 Å². The van der Waals surface area contributed by atoms with E-state index < -0.39 is 17.2 Å². The molecular weight excluding hydrogens is 376 g/mol. The van der Waals surface area contributed by atoms with Gasteiger partial charge in [-0.15, -0.1) is 10.2 Å². The smallest absolute Gasteiger partial charge is 0.364 e. The summed E-state index contributed by atoms with van der Waals surface area (Å²) >= 11 is 0. The van der Waals surface area contributed by atoms with Crippen molar-refractivity contribution in [2.24, 2.45) is 0 Å². The molecule has 10 nitrogen and oxygen atoms in total. The summed E-state index contributed by atoms with van der Waals surface area (Å²) in [4.78, 5) is 45.7. The van der Waals surface area contributed by atoms with Gasteiger partial charge in [-0.25, -0.2) is 9.78 Å². The van der Waals surface area contributed by atoms with Gasteiger partial charge in [0, 0.05) is 29.1 Å². The Morgan fingerprint density at radius 2 is 2.07 bits per heavy atom. The van der Waals surface area contributed by atoms with Crippen molar-refractivity contribution in [1.82, 2.24) is 29.8 Å². The van der Waals surface area contributed by atoms with Gasteiger partial charge in [0.1, 0.15) is 0 Å². The van der Waals surface area contributed by atoms with Crippen molar-refractivity contribution in [3.8, 4) is 11.1 Å². The zero-order chi connectivity index (χ0) is 20.7. The maximum absolute atomic E-state index is 12.8. The quantitative estimate of drug-likeness (QED) is 0.410. The van der Waals surface area contributed by atoms with Gasteiger partial charge in [0.25, 0.3) is 0 Å². The number of fused-ring (bicyclic) bond motifs is 3. The molecule has 0 atom stereocenters. The Kier molecular flexibility index (Phi) is 4.38. The van der Waals surface area contributed by atoms with Gasteiger partial charge in [0.2, 0.25) is 5.69 Å². The van der Waals surface area contributed by atoms with Crippen LogP contribution in [0.15, 0.2) is 29.3 Å². The van der Waals surface area contributed by atoms with Crippen molar-refractivity contribution < 1.29 is 14.3 Å². The Balaban J connectivity index is 2.15. The number of aromatic nitrogens is 6. The minimum Gasteiger partial charge on any atom is -0.461 e. The number of esters is 1. The number of hydrogen-bond donors (Lipinski definition) is 1. The van der Waals surface area contributed by atoms with Gasteiger partial charge in [0.05, 0.1) is 17.7 Å². The van der Waals surface area contributed by atoms with Crippen molar-refractivity contribution in [2.45, 2.75) is 20.8 Å². The lowest BCUT2D eigenvalue weighted by molar-refractivity contribution is 0.0515. The van der Waals surface area contributed by atoms with Crippen LogP contribution in [0.2, 0.25) is 0 Å². The van der Waals surface area contributed by atoms with E-state index in [1.54, 1.807) is 38.4 Å². The molecule has 1 N–H and O–H groups in total. The number of aryl methyl sites for hydroxylation is 1. The highest BCUT2D eigenvalue weighted by Gasteiger charge is 2.25. The Morgan fingerprint density at radius 1 is 1.28 bits per heavy atom. The minimum atomic E-state index is -0.862. The van der Waals surface area contributed by atoms with Crippen molar-refractivity contribution in [2.75, 3.05) is 6.61 Å². The number of carbonyl (C=O) groups is 2. The first-order chi connectivity index (χ1) is 13.9. The number of hydrogen-bond acceptors (Lipinski definition) is 8. The number of pyridine rings is 2. The first kappa shape index (κ1) is 18.4. The van der Waals surface area contributed by atoms with Gasteiger partial charge in [-0.1, -0.05) is 6.07 Å². The van der Waals surface area contributed by atoms with Crippen molar-refractivity contribution >= 4 is 28.4 Å². The van der Waals surface area contributed by atoms with Crippen LogP contribution in [-0.4, -0.2) is 48.1 Å². The molecule has 0 fully saturated rings. The third kappa shape index (κ3) is 2.85. The van der Waals surface area contributed by atoms with E-state index in [1.165, 1.54) is 6.92 Å². The second kappa shape index (κ2) is 6.89. The van der Waals surface area contributed by atoms with E-state index in [-0.39, 0.29) is 18.0 Å². The van der Waals surface area contributed by atoms with Crippen molar-refractivity contribution in [3.63, 3.8) is 0 Å². The van der Waals surface area contributed by atoms with E-state index in [2.05, 4.69) is 25.3 Å². The highest BCUT2D eigenvalue weighted by molar-refractivity contribution is 6.12. The maximum Gasteiger partial charge on any atom is 0.364 e. The van der Waals surface area contributed by atoms with Crippen LogP contribution in [0.3, 0.4) is 0 Å². The monoisotopic (exact) mass is 392 g/mol. The number of nitrogens with zero attached hydrogens (tertiary/aromatic N) is 5. The topological polar surface area (TPSA) is 132 Å². The van der Waals surface area contributed by atoms with Crippen LogP contribution in [0.4, 0.5) is 0 Å². The zero-order valence-electron chi connectivity index (χ0n) is 15.9. The minimum absolute atomic E-state index is 0.100. The predicted octanol–water partition coefficient (Wildman–Crippen LogP) is 1.72. The number of rotatable bonds is 4. The average molecular weight is 392 g/mol. The summed E-state index contributed by atoms with van der Waals surface area (Å²) in [6, 6.07) is 3.54. The number of carbonyl (C=O) groups excluding carboxylic acids is 2. The van der Waals surface area contributed by atoms with Crippen molar-refractivity contribution in [1.29, 1.82) is 0 Å². The first-order valence-corrected chi connectivity index (χ1v) is 8.84. The fraction of sp³-hybridized carbons (Fsp3) is 0.211. The summed E-state index contributed by atoms with van der Waals surface area (Å²) in [6.45, 7) is 4.88. The van der Waals surface area contributed by atoms with E-state index >= 15 is 0 Å². The number of H-pyrrole nitrogens is 1. The van der Waals surface area contributed by atoms with Crippen LogP contribution in [0.5, 0.6) is 0 Å². The molecule has 0 aliphatic carbocycles. The molecular formula is C19H16N6O4. The summed E-state index contributed by atoms with van der Waals surface area (Å²) in [5, 5.41) is 11.1. The predicted molar refractivity (Wildman–Crippen MR) is 103 cm³/mol. The molecule has 29 heavy (non-hydrogen) atoms. The second-order valence-electron chi connectivity index (χ2n) is 6.31. The van der Waals surface area contributed by atoms with Crippen LogP contribution in [0.25, 0.3) is 27.8 Å². The lowest BCUT2D eigenvalue weighted by atomic mass is 9.95. The maximum atomic E-state index is 12.8.